The van der Waals surface area contributed by atoms with E-state index in [0.717, 1.165) is 16.4 Å². The molecule has 1 aromatic rings. The molecule has 0 amide bonds. The summed E-state index contributed by atoms with van der Waals surface area (Å²) in [5, 5.41) is 7.71. The maximum atomic E-state index is 6.56. The van der Waals surface area contributed by atoms with Gasteiger partial charge in [0.05, 0.1) is 16.4 Å². The van der Waals surface area contributed by atoms with Crippen molar-refractivity contribution in [2.45, 2.75) is 31.3 Å². The van der Waals surface area contributed by atoms with Crippen molar-refractivity contribution in [1.82, 2.24) is 20.2 Å². The van der Waals surface area contributed by atoms with E-state index in [0.29, 0.717) is 23.5 Å². The molecule has 24 heavy (non-hydrogen) atoms. The molecule has 5 rings (SSSR count). The molecule has 4 aliphatic rings. The van der Waals surface area contributed by atoms with Crippen molar-refractivity contribution >= 4 is 23.2 Å². The number of nitrogens with two attached hydrogens (primary N) is 1. The summed E-state index contributed by atoms with van der Waals surface area (Å²) in [5.74, 6) is 2.45. The van der Waals surface area contributed by atoms with Crippen molar-refractivity contribution in [3.63, 3.8) is 0 Å². The minimum Gasteiger partial charge on any atom is -0.384 e. The smallest absolute Gasteiger partial charge is 0.135 e. The lowest BCUT2D eigenvalue weighted by Gasteiger charge is -2.42. The number of allylic oxidation sites excluding steroid dienone is 2. The lowest BCUT2D eigenvalue weighted by atomic mass is 9.96. The number of nitrogens with zero attached hydrogens (tertiary/aromatic N) is 3. The molecule has 6 nitrogen and oxygen atoms in total. The number of nitrogens with one attached hydrogen (secondary N) is 2. The summed E-state index contributed by atoms with van der Waals surface area (Å²) in [6, 6.07) is 1.71. The summed E-state index contributed by atoms with van der Waals surface area (Å²) >= 11 is 6.56. The summed E-state index contributed by atoms with van der Waals surface area (Å²) in [6.07, 6.45) is 12.8. The van der Waals surface area contributed by atoms with Gasteiger partial charge >= 0.3 is 0 Å². The van der Waals surface area contributed by atoms with Crippen LogP contribution in [0.4, 0.5) is 11.6 Å². The molecule has 2 bridgehead atoms. The molecule has 0 aromatic carbocycles. The van der Waals surface area contributed by atoms with E-state index in [4.69, 9.17) is 17.3 Å². The van der Waals surface area contributed by atoms with E-state index in [2.05, 4.69) is 37.9 Å². The predicted octanol–water partition coefficient (Wildman–Crippen LogP) is 2.71. The van der Waals surface area contributed by atoms with Gasteiger partial charge in [-0.15, -0.1) is 0 Å². The second-order valence-corrected chi connectivity index (χ2v) is 7.35. The Morgan fingerprint density at radius 3 is 2.71 bits per heavy atom. The van der Waals surface area contributed by atoms with Gasteiger partial charge in [-0.1, -0.05) is 11.6 Å². The SMILES string of the molecule is Nc1cc(NC2=CN3C(=CNC34C3CCC4CC3)C(Cl)=C2)ncn1. The minimum absolute atomic E-state index is 0.00135. The van der Waals surface area contributed by atoms with Crippen LogP contribution in [0, 0.1) is 11.8 Å². The topological polar surface area (TPSA) is 79.1 Å². The molecule has 124 valence electrons. The fourth-order valence-electron chi connectivity index (χ4n) is 4.86. The number of hydrogen-bond donors (Lipinski definition) is 3. The summed E-state index contributed by atoms with van der Waals surface area (Å²) in [5.41, 5.74) is 7.70. The van der Waals surface area contributed by atoms with Crippen LogP contribution in [0.1, 0.15) is 25.7 Å². The minimum atomic E-state index is 0.00135. The molecule has 2 fully saturated rings. The maximum Gasteiger partial charge on any atom is 0.135 e. The van der Waals surface area contributed by atoms with Gasteiger partial charge in [0.2, 0.25) is 0 Å². The number of rotatable bonds is 2. The summed E-state index contributed by atoms with van der Waals surface area (Å²) in [7, 11) is 0. The second-order valence-electron chi connectivity index (χ2n) is 6.95. The van der Waals surface area contributed by atoms with Crippen LogP contribution in [0.5, 0.6) is 0 Å². The lowest BCUT2D eigenvalue weighted by molar-refractivity contribution is 0.124. The third-order valence-electron chi connectivity index (χ3n) is 5.83. The molecule has 4 N–H and O–H groups in total. The number of nitrogen functional groups attached to an aromatic ring is 1. The molecular formula is C17H19ClN6. The van der Waals surface area contributed by atoms with Crippen LogP contribution >= 0.6 is 11.6 Å². The number of halogens is 1. The van der Waals surface area contributed by atoms with Crippen LogP contribution in [0.15, 0.2) is 47.3 Å². The molecule has 3 heterocycles. The van der Waals surface area contributed by atoms with Gasteiger partial charge in [-0.05, 0) is 31.8 Å². The van der Waals surface area contributed by atoms with Gasteiger partial charge < -0.3 is 21.3 Å². The highest BCUT2D eigenvalue weighted by Gasteiger charge is 2.60. The van der Waals surface area contributed by atoms with Gasteiger partial charge in [-0.25, -0.2) is 9.97 Å². The quantitative estimate of drug-likeness (QED) is 0.767. The highest BCUT2D eigenvalue weighted by Crippen LogP contribution is 2.57. The highest BCUT2D eigenvalue weighted by molar-refractivity contribution is 6.32. The van der Waals surface area contributed by atoms with Crippen molar-refractivity contribution in [2.75, 3.05) is 11.1 Å². The first kappa shape index (κ1) is 14.2. The average molecular weight is 343 g/mol. The van der Waals surface area contributed by atoms with Crippen molar-refractivity contribution in [3.8, 4) is 0 Å². The average Bonchev–Trinajstić information content (AvgIpc) is 3.23. The zero-order valence-electron chi connectivity index (χ0n) is 13.2. The molecule has 1 aromatic heterocycles. The first-order chi connectivity index (χ1) is 11.7. The van der Waals surface area contributed by atoms with Gasteiger partial charge in [-0.3, -0.25) is 0 Å². The fraction of sp³-hybridized carbons (Fsp3) is 0.412. The van der Waals surface area contributed by atoms with Gasteiger partial charge in [0.1, 0.15) is 23.6 Å². The number of hydrogen-bond acceptors (Lipinski definition) is 6. The van der Waals surface area contributed by atoms with Crippen LogP contribution in [-0.4, -0.2) is 20.5 Å². The zero-order chi connectivity index (χ0) is 16.3. The number of aromatic nitrogens is 2. The van der Waals surface area contributed by atoms with Crippen molar-refractivity contribution in [2.24, 2.45) is 11.8 Å². The molecule has 7 heteroatoms. The molecule has 0 atom stereocenters. The van der Waals surface area contributed by atoms with Gasteiger partial charge in [0.25, 0.3) is 0 Å². The van der Waals surface area contributed by atoms with E-state index < -0.39 is 0 Å². The summed E-state index contributed by atoms with van der Waals surface area (Å²) < 4.78 is 0. The largest absolute Gasteiger partial charge is 0.384 e. The molecule has 0 saturated heterocycles. The van der Waals surface area contributed by atoms with Gasteiger partial charge in [-0.2, -0.15) is 0 Å². The Balaban J connectivity index is 1.50. The Hall–Kier alpha value is -2.21. The molecule has 2 saturated carbocycles. The third-order valence-corrected chi connectivity index (χ3v) is 6.13. The highest BCUT2D eigenvalue weighted by atomic mass is 35.5. The Kier molecular flexibility index (Phi) is 2.89. The van der Waals surface area contributed by atoms with Crippen molar-refractivity contribution in [1.29, 1.82) is 0 Å². The molecule has 1 spiro atoms. The van der Waals surface area contributed by atoms with Crippen LogP contribution in [-0.2, 0) is 0 Å². The Labute approximate surface area is 145 Å². The van der Waals surface area contributed by atoms with Crippen LogP contribution in [0.3, 0.4) is 0 Å². The van der Waals surface area contributed by atoms with E-state index in [1.165, 1.54) is 32.0 Å². The van der Waals surface area contributed by atoms with Gasteiger partial charge in [0, 0.05) is 30.3 Å². The molecule has 0 unspecified atom stereocenters. The van der Waals surface area contributed by atoms with Gasteiger partial charge in [0.15, 0.2) is 0 Å². The standard InChI is InChI=1S/C17H19ClN6/c18-13-5-12(23-16-6-15(19)20-9-21-16)8-24-14(13)7-22-17(24)10-1-2-11(17)4-3-10/h5-11,22H,1-4H2,(H3,19,20,21,23). The monoisotopic (exact) mass is 342 g/mol. The van der Waals surface area contributed by atoms with E-state index in [-0.39, 0.29) is 5.66 Å². The Bertz CT molecular complexity index is 778. The van der Waals surface area contributed by atoms with Crippen LogP contribution in [0.25, 0.3) is 0 Å². The molecule has 0 radical (unpaired) electrons. The third kappa shape index (κ3) is 1.83. The predicted molar refractivity (Wildman–Crippen MR) is 93.3 cm³/mol. The fourth-order valence-corrected chi connectivity index (χ4v) is 5.13. The van der Waals surface area contributed by atoms with E-state index in [9.17, 15) is 0 Å². The van der Waals surface area contributed by atoms with E-state index in [1.54, 1.807) is 6.07 Å². The molecule has 2 aliphatic heterocycles. The van der Waals surface area contributed by atoms with E-state index in [1.807, 2.05) is 6.08 Å². The second kappa shape index (κ2) is 4.89. The van der Waals surface area contributed by atoms with Crippen molar-refractivity contribution in [3.05, 3.63) is 47.3 Å². The maximum absolute atomic E-state index is 6.56. The molecular weight excluding hydrogens is 324 g/mol. The molecule has 2 aliphatic carbocycles. The number of fused-ring (bicyclic) bond motifs is 1. The summed E-state index contributed by atoms with van der Waals surface area (Å²) in [4.78, 5) is 10.5. The zero-order valence-corrected chi connectivity index (χ0v) is 13.9. The lowest BCUT2D eigenvalue weighted by Crippen LogP contribution is -2.54. The van der Waals surface area contributed by atoms with Crippen LogP contribution in [0.2, 0.25) is 0 Å². The Morgan fingerprint density at radius 1 is 1.25 bits per heavy atom. The summed E-state index contributed by atoms with van der Waals surface area (Å²) in [6.45, 7) is 0. The van der Waals surface area contributed by atoms with Crippen LogP contribution < -0.4 is 16.4 Å². The normalized spacial score (nSPS) is 33.0. The Morgan fingerprint density at radius 2 is 2.00 bits per heavy atom. The number of anilines is 2. The first-order valence-corrected chi connectivity index (χ1v) is 8.76. The van der Waals surface area contributed by atoms with E-state index >= 15 is 0 Å². The van der Waals surface area contributed by atoms with Crippen molar-refractivity contribution < 1.29 is 0 Å². The first-order valence-electron chi connectivity index (χ1n) is 8.38.